The summed E-state index contributed by atoms with van der Waals surface area (Å²) in [6.45, 7) is 0. The van der Waals surface area contributed by atoms with Crippen LogP contribution in [0.3, 0.4) is 0 Å². The predicted octanol–water partition coefficient (Wildman–Crippen LogP) is 4.80. The first kappa shape index (κ1) is 15.9. The summed E-state index contributed by atoms with van der Waals surface area (Å²) in [5.41, 5.74) is 0.319. The molecule has 1 aromatic rings. The number of hydrogen-bond donors (Lipinski definition) is 0. The first-order valence-corrected chi connectivity index (χ1v) is 10.1. The summed E-state index contributed by atoms with van der Waals surface area (Å²) in [6, 6.07) is 8.69. The number of halogens is 1. The van der Waals surface area contributed by atoms with Gasteiger partial charge in [0.25, 0.3) is 0 Å². The Kier molecular flexibility index (Phi) is 3.46. The fourth-order valence-corrected chi connectivity index (χ4v) is 6.65. The van der Waals surface area contributed by atoms with Gasteiger partial charge in [-0.05, 0) is 49.9 Å². The van der Waals surface area contributed by atoms with E-state index in [1.807, 2.05) is 12.2 Å². The van der Waals surface area contributed by atoms with Crippen LogP contribution in [0.5, 0.6) is 0 Å². The van der Waals surface area contributed by atoms with E-state index in [0.29, 0.717) is 16.3 Å². The summed E-state index contributed by atoms with van der Waals surface area (Å²) >= 11 is 5.88. The molecule has 0 aliphatic heterocycles. The van der Waals surface area contributed by atoms with Crippen molar-refractivity contribution in [2.24, 2.45) is 10.8 Å². The summed E-state index contributed by atoms with van der Waals surface area (Å²) in [5, 5.41) is 10.1. The molecule has 3 aliphatic rings. The molecule has 24 heavy (non-hydrogen) atoms. The maximum atomic E-state index is 13.1. The number of benzene rings is 1. The number of nitrogens with zero attached hydrogens (tertiary/aromatic N) is 1. The molecule has 0 unspecified atom stereocenters. The fourth-order valence-electron chi connectivity index (χ4n) is 4.91. The van der Waals surface area contributed by atoms with Crippen molar-refractivity contribution < 1.29 is 8.42 Å². The Balaban J connectivity index is 1.80. The zero-order chi connectivity index (χ0) is 17.0. The smallest absolute Gasteiger partial charge is 0.202 e. The molecule has 0 heterocycles. The van der Waals surface area contributed by atoms with Gasteiger partial charge in [0.1, 0.15) is 0 Å². The molecular weight excluding hydrogens is 342 g/mol. The number of nitriles is 1. The summed E-state index contributed by atoms with van der Waals surface area (Å²) < 4.78 is 26.2. The highest BCUT2D eigenvalue weighted by Crippen LogP contribution is 2.68. The summed E-state index contributed by atoms with van der Waals surface area (Å²) in [5.74, 6) is 0. The van der Waals surface area contributed by atoms with Crippen LogP contribution in [0.4, 0.5) is 0 Å². The second-order valence-corrected chi connectivity index (χ2v) is 9.56. The van der Waals surface area contributed by atoms with Crippen molar-refractivity contribution in [3.8, 4) is 6.07 Å². The topological polar surface area (TPSA) is 57.9 Å². The maximum Gasteiger partial charge on any atom is 0.202 e. The van der Waals surface area contributed by atoms with E-state index in [-0.39, 0.29) is 15.7 Å². The van der Waals surface area contributed by atoms with Gasteiger partial charge >= 0.3 is 0 Å². The Morgan fingerprint density at radius 3 is 2.54 bits per heavy atom. The molecule has 0 N–H and O–H groups in total. The van der Waals surface area contributed by atoms with Gasteiger partial charge in [-0.25, -0.2) is 8.42 Å². The van der Waals surface area contributed by atoms with E-state index in [0.717, 1.165) is 37.7 Å². The molecule has 0 saturated heterocycles. The van der Waals surface area contributed by atoms with E-state index in [1.54, 1.807) is 24.3 Å². The standard InChI is InChI=1S/C19H18ClNO2S/c20-15-3-5-16(6-4-15)24(22,23)17-11-18-8-1-2-9-19(18,12-17)14(13-21)7-10-18/h3-7,11H,1-2,8-10,12H2/t18-,19-/m1/s1. The number of rotatable bonds is 2. The lowest BCUT2D eigenvalue weighted by atomic mass is 9.57. The molecule has 0 amide bonds. The minimum atomic E-state index is -3.53. The van der Waals surface area contributed by atoms with Crippen molar-refractivity contribution in [2.75, 3.05) is 0 Å². The highest BCUT2D eigenvalue weighted by Gasteiger charge is 2.61. The van der Waals surface area contributed by atoms with Crippen molar-refractivity contribution in [2.45, 2.75) is 43.4 Å². The molecule has 4 rings (SSSR count). The third-order valence-corrected chi connectivity index (χ3v) is 8.22. The Bertz CT molecular complexity index is 908. The number of sulfone groups is 1. The quantitative estimate of drug-likeness (QED) is 0.761. The Hall–Kier alpha value is -1.57. The Morgan fingerprint density at radius 2 is 1.83 bits per heavy atom. The minimum absolute atomic E-state index is 0.175. The highest BCUT2D eigenvalue weighted by atomic mass is 35.5. The zero-order valence-corrected chi connectivity index (χ0v) is 14.8. The molecule has 3 aliphatic carbocycles. The van der Waals surface area contributed by atoms with Gasteiger partial charge in [0.15, 0.2) is 0 Å². The van der Waals surface area contributed by atoms with Crippen molar-refractivity contribution in [3.63, 3.8) is 0 Å². The van der Waals surface area contributed by atoms with Crippen molar-refractivity contribution >= 4 is 21.4 Å². The van der Waals surface area contributed by atoms with E-state index >= 15 is 0 Å². The average Bonchev–Trinajstić information content (AvgIpc) is 3.07. The van der Waals surface area contributed by atoms with Gasteiger partial charge in [-0.2, -0.15) is 5.26 Å². The predicted molar refractivity (Wildman–Crippen MR) is 93.0 cm³/mol. The zero-order valence-electron chi connectivity index (χ0n) is 13.3. The lowest BCUT2D eigenvalue weighted by Gasteiger charge is -2.45. The highest BCUT2D eigenvalue weighted by molar-refractivity contribution is 7.95. The lowest BCUT2D eigenvalue weighted by Crippen LogP contribution is -2.38. The van der Waals surface area contributed by atoms with Crippen LogP contribution in [-0.4, -0.2) is 8.42 Å². The van der Waals surface area contributed by atoms with Crippen molar-refractivity contribution in [3.05, 3.63) is 51.9 Å². The molecule has 1 fully saturated rings. The van der Waals surface area contributed by atoms with Gasteiger partial charge in [0, 0.05) is 26.3 Å². The van der Waals surface area contributed by atoms with E-state index < -0.39 is 9.84 Å². The molecular formula is C19H18ClNO2S. The van der Waals surface area contributed by atoms with Crippen LogP contribution in [0.1, 0.15) is 38.5 Å². The SMILES string of the molecule is N#CC1=CC[C@]23C=C(S(=O)(=O)c4ccc(Cl)cc4)C[C@]12CCCC3. The summed E-state index contributed by atoms with van der Waals surface area (Å²) in [4.78, 5) is 0.762. The van der Waals surface area contributed by atoms with Crippen LogP contribution in [0.2, 0.25) is 5.02 Å². The normalized spacial score (nSPS) is 31.7. The van der Waals surface area contributed by atoms with Gasteiger partial charge in [-0.15, -0.1) is 0 Å². The molecule has 124 valence electrons. The van der Waals surface area contributed by atoms with Crippen molar-refractivity contribution in [1.82, 2.24) is 0 Å². The molecule has 0 spiro atoms. The molecule has 0 aromatic heterocycles. The van der Waals surface area contributed by atoms with Crippen LogP contribution < -0.4 is 0 Å². The lowest BCUT2D eigenvalue weighted by molar-refractivity contribution is 0.104. The number of hydrogen-bond acceptors (Lipinski definition) is 3. The summed E-state index contributed by atoms with van der Waals surface area (Å²) in [7, 11) is -3.53. The van der Waals surface area contributed by atoms with Gasteiger partial charge in [-0.1, -0.05) is 36.6 Å². The van der Waals surface area contributed by atoms with Crippen LogP contribution in [0.25, 0.3) is 0 Å². The third kappa shape index (κ3) is 1.98. The van der Waals surface area contributed by atoms with E-state index in [9.17, 15) is 13.7 Å². The first-order valence-electron chi connectivity index (χ1n) is 8.27. The van der Waals surface area contributed by atoms with Gasteiger partial charge in [0.2, 0.25) is 9.84 Å². The van der Waals surface area contributed by atoms with E-state index in [1.165, 1.54) is 0 Å². The van der Waals surface area contributed by atoms with Crippen molar-refractivity contribution in [1.29, 1.82) is 5.26 Å². The van der Waals surface area contributed by atoms with Crippen LogP contribution in [0, 0.1) is 22.2 Å². The molecule has 3 nitrogen and oxygen atoms in total. The molecule has 1 saturated carbocycles. The molecule has 0 radical (unpaired) electrons. The Labute approximate surface area is 147 Å². The first-order chi connectivity index (χ1) is 11.4. The minimum Gasteiger partial charge on any atom is -0.219 e. The molecule has 0 bridgehead atoms. The summed E-state index contributed by atoms with van der Waals surface area (Å²) in [6.07, 6.45) is 9.29. The number of allylic oxidation sites excluding steroid dienone is 4. The van der Waals surface area contributed by atoms with Gasteiger partial charge in [0.05, 0.1) is 11.0 Å². The fraction of sp³-hybridized carbons (Fsp3) is 0.421. The van der Waals surface area contributed by atoms with Crippen LogP contribution in [0.15, 0.2) is 51.8 Å². The van der Waals surface area contributed by atoms with Gasteiger partial charge in [-0.3, -0.25) is 0 Å². The second kappa shape index (κ2) is 5.21. The second-order valence-electron chi connectivity index (χ2n) is 7.12. The maximum absolute atomic E-state index is 13.1. The van der Waals surface area contributed by atoms with E-state index in [4.69, 9.17) is 11.6 Å². The Morgan fingerprint density at radius 1 is 1.12 bits per heavy atom. The average molecular weight is 360 g/mol. The van der Waals surface area contributed by atoms with Gasteiger partial charge < -0.3 is 0 Å². The molecule has 2 atom stereocenters. The largest absolute Gasteiger partial charge is 0.219 e. The third-order valence-electron chi connectivity index (χ3n) is 6.12. The van der Waals surface area contributed by atoms with E-state index in [2.05, 4.69) is 6.07 Å². The molecule has 5 heteroatoms. The van der Waals surface area contributed by atoms with Crippen LogP contribution >= 0.6 is 11.6 Å². The monoisotopic (exact) mass is 359 g/mol. The molecule has 1 aromatic carbocycles. The van der Waals surface area contributed by atoms with Crippen LogP contribution in [-0.2, 0) is 9.84 Å².